The number of carbonyl (C=O) groups is 3. The van der Waals surface area contributed by atoms with E-state index in [9.17, 15) is 14.4 Å². The second-order valence-corrected chi connectivity index (χ2v) is 6.24. The van der Waals surface area contributed by atoms with E-state index in [1.54, 1.807) is 26.0 Å². The number of carbonyl (C=O) groups excluding carboxylic acids is 3. The van der Waals surface area contributed by atoms with Crippen molar-refractivity contribution in [3.05, 3.63) is 35.4 Å². The molecule has 0 aliphatic carbocycles. The highest BCUT2D eigenvalue weighted by Crippen LogP contribution is 2.22. The predicted octanol–water partition coefficient (Wildman–Crippen LogP) is 2.21. The van der Waals surface area contributed by atoms with Crippen LogP contribution < -0.4 is 5.32 Å². The topological polar surface area (TPSA) is 81.7 Å². The molecular formula is C18H25NO5. The molecule has 0 heterocycles. The fraction of sp³-hybridized carbons (Fsp3) is 0.500. The number of ether oxygens (including phenoxy) is 2. The van der Waals surface area contributed by atoms with Crippen LogP contribution in [0.2, 0.25) is 0 Å². The first kappa shape index (κ1) is 19.7. The van der Waals surface area contributed by atoms with Gasteiger partial charge in [0.2, 0.25) is 6.04 Å². The van der Waals surface area contributed by atoms with Crippen LogP contribution in [-0.4, -0.2) is 37.1 Å². The number of esters is 2. The molecule has 0 radical (unpaired) electrons. The van der Waals surface area contributed by atoms with E-state index in [0.717, 1.165) is 5.56 Å². The first-order valence-electron chi connectivity index (χ1n) is 7.95. The summed E-state index contributed by atoms with van der Waals surface area (Å²) in [5, 5.41) is 2.37. The van der Waals surface area contributed by atoms with Gasteiger partial charge in [0, 0.05) is 5.56 Å². The minimum absolute atomic E-state index is 0.0343. The summed E-state index contributed by atoms with van der Waals surface area (Å²) >= 11 is 0. The normalized spacial score (nSPS) is 11.1. The Kier molecular flexibility index (Phi) is 6.95. The summed E-state index contributed by atoms with van der Waals surface area (Å²) in [6.07, 6.45) is 0. The van der Waals surface area contributed by atoms with Crippen molar-refractivity contribution in [3.8, 4) is 0 Å². The smallest absolute Gasteiger partial charge is 0.340 e. The van der Waals surface area contributed by atoms with E-state index in [-0.39, 0.29) is 18.6 Å². The van der Waals surface area contributed by atoms with Crippen LogP contribution in [0, 0.1) is 0 Å². The summed E-state index contributed by atoms with van der Waals surface area (Å²) < 4.78 is 9.64. The van der Waals surface area contributed by atoms with Crippen molar-refractivity contribution in [3.63, 3.8) is 0 Å². The van der Waals surface area contributed by atoms with E-state index < -0.39 is 23.9 Å². The zero-order valence-electron chi connectivity index (χ0n) is 14.8. The lowest BCUT2D eigenvalue weighted by atomic mass is 9.86. The highest BCUT2D eigenvalue weighted by Gasteiger charge is 2.31. The van der Waals surface area contributed by atoms with Gasteiger partial charge in [-0.1, -0.05) is 32.9 Å². The van der Waals surface area contributed by atoms with E-state index in [2.05, 4.69) is 26.1 Å². The van der Waals surface area contributed by atoms with Crippen molar-refractivity contribution in [1.82, 2.24) is 5.32 Å². The molecule has 0 saturated carbocycles. The Bertz CT molecular complexity index is 568. The summed E-state index contributed by atoms with van der Waals surface area (Å²) in [6, 6.07) is 5.53. The van der Waals surface area contributed by atoms with Crippen LogP contribution in [0.3, 0.4) is 0 Å². The van der Waals surface area contributed by atoms with Gasteiger partial charge in [-0.25, -0.2) is 9.59 Å². The highest BCUT2D eigenvalue weighted by atomic mass is 16.6. The molecule has 0 aliphatic rings. The summed E-state index contributed by atoms with van der Waals surface area (Å²) in [5.74, 6) is -2.22. The number of benzene rings is 1. The summed E-state index contributed by atoms with van der Waals surface area (Å²) in [5.41, 5.74) is 1.39. The first-order valence-corrected chi connectivity index (χ1v) is 7.95. The molecule has 0 saturated heterocycles. The van der Waals surface area contributed by atoms with Gasteiger partial charge >= 0.3 is 11.9 Å². The molecule has 1 rings (SSSR count). The SMILES string of the molecule is CCOC(=O)C(NC(=O)c1ccc(C(C)(C)C)cc1)C(=O)OCC. The average Bonchev–Trinajstić information content (AvgIpc) is 2.52. The van der Waals surface area contributed by atoms with Gasteiger partial charge in [-0.15, -0.1) is 0 Å². The fourth-order valence-electron chi connectivity index (χ4n) is 2.00. The first-order chi connectivity index (χ1) is 11.2. The molecule has 1 amide bonds. The van der Waals surface area contributed by atoms with Crippen molar-refractivity contribution < 1.29 is 23.9 Å². The Morgan fingerprint density at radius 2 is 1.42 bits per heavy atom. The third-order valence-electron chi connectivity index (χ3n) is 3.33. The van der Waals surface area contributed by atoms with Crippen LogP contribution >= 0.6 is 0 Å². The predicted molar refractivity (Wildman–Crippen MR) is 89.7 cm³/mol. The molecule has 132 valence electrons. The zero-order valence-corrected chi connectivity index (χ0v) is 14.8. The molecule has 24 heavy (non-hydrogen) atoms. The number of rotatable bonds is 6. The van der Waals surface area contributed by atoms with Gasteiger partial charge in [0.15, 0.2) is 0 Å². The van der Waals surface area contributed by atoms with Gasteiger partial charge in [-0.3, -0.25) is 4.79 Å². The lowest BCUT2D eigenvalue weighted by Gasteiger charge is -2.19. The molecule has 0 atom stereocenters. The van der Waals surface area contributed by atoms with Crippen LogP contribution in [-0.2, 0) is 24.5 Å². The van der Waals surface area contributed by atoms with Gasteiger partial charge < -0.3 is 14.8 Å². The maximum Gasteiger partial charge on any atom is 0.340 e. The molecule has 0 fully saturated rings. The lowest BCUT2D eigenvalue weighted by Crippen LogP contribution is -2.48. The van der Waals surface area contributed by atoms with Gasteiger partial charge in [-0.05, 0) is 37.0 Å². The lowest BCUT2D eigenvalue weighted by molar-refractivity contribution is -0.157. The maximum absolute atomic E-state index is 12.3. The van der Waals surface area contributed by atoms with Crippen molar-refractivity contribution >= 4 is 17.8 Å². The quantitative estimate of drug-likeness (QED) is 0.637. The Morgan fingerprint density at radius 3 is 1.79 bits per heavy atom. The standard InChI is InChI=1S/C18H25NO5/c1-6-23-16(21)14(17(22)24-7-2)19-15(20)12-8-10-13(11-9-12)18(3,4)5/h8-11,14H,6-7H2,1-5H3,(H,19,20). The van der Waals surface area contributed by atoms with E-state index in [0.29, 0.717) is 5.56 Å². The third-order valence-corrected chi connectivity index (χ3v) is 3.33. The molecule has 6 heteroatoms. The summed E-state index contributed by atoms with van der Waals surface area (Å²) in [4.78, 5) is 36.1. The molecule has 6 nitrogen and oxygen atoms in total. The van der Waals surface area contributed by atoms with Crippen LogP contribution in [0.5, 0.6) is 0 Å². The van der Waals surface area contributed by atoms with Crippen molar-refractivity contribution in [2.45, 2.75) is 46.1 Å². The van der Waals surface area contributed by atoms with Gasteiger partial charge in [0.25, 0.3) is 5.91 Å². The Hall–Kier alpha value is -2.37. The molecular weight excluding hydrogens is 310 g/mol. The summed E-state index contributed by atoms with van der Waals surface area (Å²) in [6.45, 7) is 9.65. The fourth-order valence-corrected chi connectivity index (χ4v) is 2.00. The third kappa shape index (κ3) is 5.37. The minimum atomic E-state index is -1.47. The molecule has 1 N–H and O–H groups in total. The largest absolute Gasteiger partial charge is 0.464 e. The Balaban J connectivity index is 2.91. The Morgan fingerprint density at radius 1 is 0.958 bits per heavy atom. The van der Waals surface area contributed by atoms with Gasteiger partial charge in [0.05, 0.1) is 13.2 Å². The molecule has 0 aliphatic heterocycles. The maximum atomic E-state index is 12.3. The highest BCUT2D eigenvalue weighted by molar-refractivity contribution is 6.05. The number of amides is 1. The average molecular weight is 335 g/mol. The second kappa shape index (κ2) is 8.47. The van der Waals surface area contributed by atoms with E-state index in [1.807, 2.05) is 12.1 Å². The molecule has 0 spiro atoms. The molecule has 1 aromatic carbocycles. The monoisotopic (exact) mass is 335 g/mol. The minimum Gasteiger partial charge on any atom is -0.464 e. The molecule has 0 aromatic heterocycles. The van der Waals surface area contributed by atoms with Crippen molar-refractivity contribution in [1.29, 1.82) is 0 Å². The van der Waals surface area contributed by atoms with Crippen molar-refractivity contribution in [2.75, 3.05) is 13.2 Å². The van der Waals surface area contributed by atoms with Crippen LogP contribution in [0.1, 0.15) is 50.5 Å². The molecule has 0 bridgehead atoms. The zero-order chi connectivity index (χ0) is 18.3. The van der Waals surface area contributed by atoms with E-state index in [4.69, 9.17) is 9.47 Å². The van der Waals surface area contributed by atoms with Gasteiger partial charge in [0.1, 0.15) is 0 Å². The van der Waals surface area contributed by atoms with E-state index >= 15 is 0 Å². The van der Waals surface area contributed by atoms with Crippen LogP contribution in [0.15, 0.2) is 24.3 Å². The van der Waals surface area contributed by atoms with E-state index in [1.165, 1.54) is 0 Å². The van der Waals surface area contributed by atoms with Crippen LogP contribution in [0.25, 0.3) is 0 Å². The Labute approximate surface area is 142 Å². The van der Waals surface area contributed by atoms with Gasteiger partial charge in [-0.2, -0.15) is 0 Å². The molecule has 1 aromatic rings. The number of hydrogen-bond donors (Lipinski definition) is 1. The van der Waals surface area contributed by atoms with Crippen LogP contribution in [0.4, 0.5) is 0 Å². The second-order valence-electron chi connectivity index (χ2n) is 6.24. The number of nitrogens with one attached hydrogen (secondary N) is 1. The van der Waals surface area contributed by atoms with Crippen molar-refractivity contribution in [2.24, 2.45) is 0 Å². The number of hydrogen-bond acceptors (Lipinski definition) is 5. The summed E-state index contributed by atoms with van der Waals surface area (Å²) in [7, 11) is 0. The molecule has 0 unspecified atom stereocenters.